The first kappa shape index (κ1) is 25.1. The van der Waals surface area contributed by atoms with Crippen LogP contribution in [0, 0.1) is 5.92 Å². The molecule has 160 valence electrons. The van der Waals surface area contributed by atoms with Crippen LogP contribution in [0.5, 0.6) is 0 Å². The van der Waals surface area contributed by atoms with Gasteiger partial charge in [0.25, 0.3) is 0 Å². The van der Waals surface area contributed by atoms with Crippen LogP contribution in [0.2, 0.25) is 0 Å². The van der Waals surface area contributed by atoms with Crippen LogP contribution in [0.4, 0.5) is 0 Å². The normalized spacial score (nSPS) is 26.9. The minimum Gasteiger partial charge on any atom is -0.356 e. The van der Waals surface area contributed by atoms with E-state index in [2.05, 4.69) is 15.6 Å². The molecule has 2 fully saturated rings. The van der Waals surface area contributed by atoms with Gasteiger partial charge >= 0.3 is 0 Å². The maximum absolute atomic E-state index is 12.1. The summed E-state index contributed by atoms with van der Waals surface area (Å²) < 4.78 is 36.8. The second-order valence-corrected chi connectivity index (χ2v) is 11.3. The highest BCUT2D eigenvalue weighted by molar-refractivity contribution is 14.0. The second-order valence-electron chi connectivity index (χ2n) is 7.36. The third-order valence-corrected chi connectivity index (χ3v) is 8.49. The van der Waals surface area contributed by atoms with Crippen molar-refractivity contribution in [2.75, 3.05) is 38.7 Å². The van der Waals surface area contributed by atoms with Gasteiger partial charge in [-0.3, -0.25) is 9.20 Å². The molecule has 1 saturated heterocycles. The maximum Gasteiger partial charge on any atom is 0.211 e. The Hall–Kier alpha value is 0.0600. The topological polar surface area (TPSA) is 90.9 Å². The van der Waals surface area contributed by atoms with Crippen molar-refractivity contribution in [2.24, 2.45) is 10.9 Å². The summed E-state index contributed by atoms with van der Waals surface area (Å²) in [6.45, 7) is 3.99. The van der Waals surface area contributed by atoms with Gasteiger partial charge < -0.3 is 10.6 Å². The Kier molecular flexibility index (Phi) is 11.1. The highest BCUT2D eigenvalue weighted by Crippen LogP contribution is 2.23. The standard InChI is InChI=1S/C17H34N4O3S2.HI/c1-4-25(22)16-7-5-6-15(12-16)20-17(18-2)19-13-14-8-10-21(11-9-14)26(3,23)24;/h14-16H,4-13H2,1-3H3,(H2,18,19,20);1H. The lowest BCUT2D eigenvalue weighted by molar-refractivity contribution is 0.274. The Bertz CT molecular complexity index is 607. The summed E-state index contributed by atoms with van der Waals surface area (Å²) in [6.07, 6.45) is 7.22. The average Bonchev–Trinajstić information content (AvgIpc) is 2.64. The number of sulfonamides is 1. The largest absolute Gasteiger partial charge is 0.356 e. The Morgan fingerprint density at radius 1 is 1.22 bits per heavy atom. The van der Waals surface area contributed by atoms with Crippen LogP contribution in [0.3, 0.4) is 0 Å². The number of guanidine groups is 1. The number of nitrogens with zero attached hydrogens (tertiary/aromatic N) is 2. The lowest BCUT2D eigenvalue weighted by Gasteiger charge is -2.32. The van der Waals surface area contributed by atoms with E-state index in [1.54, 1.807) is 11.4 Å². The minimum atomic E-state index is -3.07. The number of piperidine rings is 1. The van der Waals surface area contributed by atoms with Gasteiger partial charge in [-0.15, -0.1) is 24.0 Å². The number of hydrogen-bond acceptors (Lipinski definition) is 4. The van der Waals surface area contributed by atoms with Crippen molar-refractivity contribution in [3.63, 3.8) is 0 Å². The van der Waals surface area contributed by atoms with Gasteiger partial charge in [0.1, 0.15) is 0 Å². The van der Waals surface area contributed by atoms with Gasteiger partial charge in [-0.25, -0.2) is 12.7 Å². The van der Waals surface area contributed by atoms with E-state index in [-0.39, 0.29) is 24.0 Å². The van der Waals surface area contributed by atoms with E-state index >= 15 is 0 Å². The van der Waals surface area contributed by atoms with E-state index in [9.17, 15) is 12.6 Å². The molecule has 27 heavy (non-hydrogen) atoms. The fraction of sp³-hybridized carbons (Fsp3) is 0.941. The highest BCUT2D eigenvalue weighted by atomic mass is 127. The molecule has 2 rings (SSSR count). The fourth-order valence-corrected chi connectivity index (χ4v) is 6.05. The predicted molar refractivity (Wildman–Crippen MR) is 124 cm³/mol. The Morgan fingerprint density at radius 2 is 1.89 bits per heavy atom. The smallest absolute Gasteiger partial charge is 0.211 e. The predicted octanol–water partition coefficient (Wildman–Crippen LogP) is 1.52. The van der Waals surface area contributed by atoms with Crippen LogP contribution in [-0.2, 0) is 20.8 Å². The highest BCUT2D eigenvalue weighted by Gasteiger charge is 2.27. The van der Waals surface area contributed by atoms with Gasteiger partial charge in [0, 0.05) is 54.5 Å². The van der Waals surface area contributed by atoms with E-state index in [0.29, 0.717) is 30.3 Å². The summed E-state index contributed by atoms with van der Waals surface area (Å²) in [5.41, 5.74) is 0. The SMILES string of the molecule is CCS(=O)C1CCCC(NC(=NC)NCC2CCN(S(C)(=O)=O)CC2)C1.I. The number of rotatable bonds is 6. The average molecular weight is 535 g/mol. The molecule has 0 radical (unpaired) electrons. The van der Waals surface area contributed by atoms with Crippen molar-refractivity contribution in [1.29, 1.82) is 0 Å². The van der Waals surface area contributed by atoms with Crippen LogP contribution in [-0.4, -0.2) is 72.9 Å². The van der Waals surface area contributed by atoms with Crippen LogP contribution in [0.25, 0.3) is 0 Å². The van der Waals surface area contributed by atoms with Crippen molar-refractivity contribution in [1.82, 2.24) is 14.9 Å². The van der Waals surface area contributed by atoms with Gasteiger partial charge in [0.2, 0.25) is 10.0 Å². The molecule has 2 N–H and O–H groups in total. The van der Waals surface area contributed by atoms with Crippen LogP contribution in [0.1, 0.15) is 45.4 Å². The first-order valence-corrected chi connectivity index (χ1v) is 12.9. The molecule has 1 saturated carbocycles. The molecule has 7 nitrogen and oxygen atoms in total. The van der Waals surface area contributed by atoms with E-state index in [0.717, 1.165) is 56.8 Å². The third kappa shape index (κ3) is 8.14. The Balaban J connectivity index is 0.00000364. The molecule has 0 bridgehead atoms. The molecular formula is C17H35IN4O3S2. The van der Waals surface area contributed by atoms with Crippen molar-refractivity contribution in [3.8, 4) is 0 Å². The lowest BCUT2D eigenvalue weighted by Crippen LogP contribution is -2.48. The number of hydrogen-bond donors (Lipinski definition) is 2. The summed E-state index contributed by atoms with van der Waals surface area (Å²) in [4.78, 5) is 4.32. The summed E-state index contributed by atoms with van der Waals surface area (Å²) >= 11 is 0. The molecule has 10 heteroatoms. The molecule has 0 amide bonds. The molecule has 3 atom stereocenters. The molecule has 0 aromatic rings. The third-order valence-electron chi connectivity index (χ3n) is 5.45. The summed E-state index contributed by atoms with van der Waals surface area (Å²) in [6, 6.07) is 0.322. The number of aliphatic imine (C=N–C) groups is 1. The van der Waals surface area contributed by atoms with E-state index in [1.165, 1.54) is 6.26 Å². The lowest BCUT2D eigenvalue weighted by atomic mass is 9.95. The molecule has 0 aromatic carbocycles. The number of nitrogens with one attached hydrogen (secondary N) is 2. The molecule has 2 aliphatic rings. The Labute approximate surface area is 184 Å². The molecular weight excluding hydrogens is 499 g/mol. The molecule has 1 aliphatic carbocycles. The van der Waals surface area contributed by atoms with E-state index in [4.69, 9.17) is 0 Å². The Morgan fingerprint density at radius 3 is 2.44 bits per heavy atom. The van der Waals surface area contributed by atoms with Crippen molar-refractivity contribution < 1.29 is 12.6 Å². The van der Waals surface area contributed by atoms with Crippen molar-refractivity contribution >= 4 is 50.8 Å². The quantitative estimate of drug-likeness (QED) is 0.307. The van der Waals surface area contributed by atoms with Gasteiger partial charge in [0.15, 0.2) is 5.96 Å². The monoisotopic (exact) mass is 534 g/mol. The molecule has 1 heterocycles. The summed E-state index contributed by atoms with van der Waals surface area (Å²) in [5.74, 6) is 1.98. The minimum absolute atomic E-state index is 0. The first-order chi connectivity index (χ1) is 12.3. The van der Waals surface area contributed by atoms with Crippen molar-refractivity contribution in [3.05, 3.63) is 0 Å². The van der Waals surface area contributed by atoms with Crippen LogP contribution >= 0.6 is 24.0 Å². The number of halogens is 1. The van der Waals surface area contributed by atoms with Crippen LogP contribution in [0.15, 0.2) is 4.99 Å². The van der Waals surface area contributed by atoms with Gasteiger partial charge in [-0.2, -0.15) is 0 Å². The zero-order valence-electron chi connectivity index (χ0n) is 16.6. The molecule has 1 aliphatic heterocycles. The van der Waals surface area contributed by atoms with E-state index in [1.807, 2.05) is 6.92 Å². The zero-order chi connectivity index (χ0) is 19.2. The first-order valence-electron chi connectivity index (χ1n) is 9.63. The maximum atomic E-state index is 12.1. The van der Waals surface area contributed by atoms with Crippen molar-refractivity contribution in [2.45, 2.75) is 56.7 Å². The fourth-order valence-electron chi connectivity index (χ4n) is 3.82. The molecule has 0 aromatic heterocycles. The van der Waals surface area contributed by atoms with Gasteiger partial charge in [0.05, 0.1) is 6.26 Å². The molecule has 3 unspecified atom stereocenters. The van der Waals surface area contributed by atoms with E-state index < -0.39 is 20.8 Å². The van der Waals surface area contributed by atoms with Crippen LogP contribution < -0.4 is 10.6 Å². The zero-order valence-corrected chi connectivity index (χ0v) is 20.6. The second kappa shape index (κ2) is 11.9. The van der Waals surface area contributed by atoms with Gasteiger partial charge in [-0.1, -0.05) is 13.3 Å². The summed E-state index contributed by atoms with van der Waals surface area (Å²) in [7, 11) is -2.02. The molecule has 0 spiro atoms. The summed E-state index contributed by atoms with van der Waals surface area (Å²) in [5, 5.41) is 7.17. The van der Waals surface area contributed by atoms with Gasteiger partial charge in [-0.05, 0) is 38.0 Å².